The van der Waals surface area contributed by atoms with Gasteiger partial charge in [0.2, 0.25) is 11.8 Å². The Hall–Kier alpha value is -3.68. The van der Waals surface area contributed by atoms with Crippen LogP contribution in [-0.4, -0.2) is 39.5 Å². The Morgan fingerprint density at radius 2 is 2.06 bits per heavy atom. The number of anilines is 1. The van der Waals surface area contributed by atoms with Gasteiger partial charge in [-0.15, -0.1) is 0 Å². The Labute approximate surface area is 188 Å². The lowest BCUT2D eigenvalue weighted by atomic mass is 9.94. The molecule has 2 aromatic heterocycles. The van der Waals surface area contributed by atoms with Gasteiger partial charge in [-0.25, -0.2) is 9.97 Å². The Morgan fingerprint density at radius 3 is 2.67 bits per heavy atom. The summed E-state index contributed by atoms with van der Waals surface area (Å²) >= 11 is 0. The summed E-state index contributed by atoms with van der Waals surface area (Å²) in [6, 6.07) is 4.62. The van der Waals surface area contributed by atoms with Crippen molar-refractivity contribution in [3.63, 3.8) is 0 Å². The van der Waals surface area contributed by atoms with E-state index in [4.69, 9.17) is 4.74 Å². The Morgan fingerprint density at radius 1 is 1.36 bits per heavy atom. The number of carbonyl (C=O) groups is 2. The van der Waals surface area contributed by atoms with Crippen molar-refractivity contribution in [1.82, 2.24) is 14.9 Å². The normalized spacial score (nSPS) is 14.5. The van der Waals surface area contributed by atoms with Crippen molar-refractivity contribution in [2.45, 2.75) is 46.5 Å². The minimum atomic E-state index is -4.47. The minimum Gasteiger partial charge on any atom is -0.468 e. The van der Waals surface area contributed by atoms with E-state index in [9.17, 15) is 28.0 Å². The van der Waals surface area contributed by atoms with Crippen molar-refractivity contribution in [3.8, 4) is 11.9 Å². The Kier molecular flexibility index (Phi) is 6.31. The molecule has 3 heterocycles. The highest BCUT2D eigenvalue weighted by molar-refractivity contribution is 6.02. The molecule has 3 rings (SSSR count). The predicted molar refractivity (Wildman–Crippen MR) is 111 cm³/mol. The highest BCUT2D eigenvalue weighted by atomic mass is 19.4. The fourth-order valence-electron chi connectivity index (χ4n) is 3.28. The van der Waals surface area contributed by atoms with Crippen molar-refractivity contribution in [1.29, 1.82) is 5.26 Å². The second kappa shape index (κ2) is 8.69. The summed E-state index contributed by atoms with van der Waals surface area (Å²) in [6.45, 7) is 4.99. The monoisotopic (exact) mass is 461 g/mol. The number of carbonyl (C=O) groups excluding carboxylic acids is 2. The van der Waals surface area contributed by atoms with Crippen LogP contribution in [0.4, 0.5) is 19.0 Å². The molecule has 1 aliphatic heterocycles. The number of nitrogens with one attached hydrogen (secondary N) is 1. The summed E-state index contributed by atoms with van der Waals surface area (Å²) < 4.78 is 42.0. The first-order valence-corrected chi connectivity index (χ1v) is 10.0. The number of pyridine rings is 2. The molecule has 0 bridgehead atoms. The van der Waals surface area contributed by atoms with Crippen LogP contribution >= 0.6 is 0 Å². The summed E-state index contributed by atoms with van der Waals surface area (Å²) in [7, 11) is 0. The third kappa shape index (κ3) is 5.05. The van der Waals surface area contributed by atoms with E-state index in [0.717, 1.165) is 0 Å². The fourth-order valence-corrected chi connectivity index (χ4v) is 3.28. The fraction of sp³-hybridized carbons (Fsp3) is 0.409. The summed E-state index contributed by atoms with van der Waals surface area (Å²) in [5.74, 6) is -0.758. The molecule has 2 aromatic rings. The molecule has 1 unspecified atom stereocenters. The Balaban J connectivity index is 1.81. The molecule has 0 radical (unpaired) electrons. The zero-order chi connectivity index (χ0) is 24.6. The van der Waals surface area contributed by atoms with Crippen molar-refractivity contribution in [2.75, 3.05) is 11.9 Å². The number of halogens is 3. The lowest BCUT2D eigenvalue weighted by Crippen LogP contribution is -2.30. The van der Waals surface area contributed by atoms with Crippen LogP contribution in [0.5, 0.6) is 5.88 Å². The molecule has 0 aliphatic carbocycles. The lowest BCUT2D eigenvalue weighted by Gasteiger charge is -2.25. The van der Waals surface area contributed by atoms with Crippen LogP contribution in [0.15, 0.2) is 24.5 Å². The second-order valence-corrected chi connectivity index (χ2v) is 8.28. The number of nitriles is 1. The van der Waals surface area contributed by atoms with Crippen LogP contribution in [-0.2, 0) is 11.3 Å². The van der Waals surface area contributed by atoms with E-state index in [2.05, 4.69) is 15.3 Å². The van der Waals surface area contributed by atoms with Gasteiger partial charge in [0.15, 0.2) is 6.61 Å². The zero-order valence-corrected chi connectivity index (χ0v) is 18.4. The first-order chi connectivity index (χ1) is 15.3. The van der Waals surface area contributed by atoms with E-state index >= 15 is 0 Å². The van der Waals surface area contributed by atoms with E-state index < -0.39 is 30.1 Å². The molecule has 0 fully saturated rings. The average Bonchev–Trinajstić information content (AvgIpc) is 3.09. The molecule has 0 aromatic carbocycles. The van der Waals surface area contributed by atoms with Gasteiger partial charge in [-0.3, -0.25) is 9.59 Å². The molecule has 0 saturated carbocycles. The second-order valence-electron chi connectivity index (χ2n) is 8.28. The topological polar surface area (TPSA) is 108 Å². The number of hydrogen-bond donors (Lipinski definition) is 1. The third-order valence-electron chi connectivity index (χ3n) is 5.33. The molecule has 1 N–H and O–H groups in total. The third-order valence-corrected chi connectivity index (χ3v) is 5.33. The van der Waals surface area contributed by atoms with Crippen LogP contribution in [0.1, 0.15) is 53.9 Å². The van der Waals surface area contributed by atoms with Crippen LogP contribution < -0.4 is 10.1 Å². The van der Waals surface area contributed by atoms with Gasteiger partial charge < -0.3 is 15.0 Å². The van der Waals surface area contributed by atoms with Crippen LogP contribution in [0, 0.1) is 23.7 Å². The SMILES string of the molecule is Cc1cc(C(C)N2Cc3c(ccnc3NC(=O)C(C)(C)C#N)C2=O)cnc1OCC(F)(F)F. The van der Waals surface area contributed by atoms with Crippen molar-refractivity contribution < 1.29 is 27.5 Å². The quantitative estimate of drug-likeness (QED) is 0.698. The van der Waals surface area contributed by atoms with E-state index in [0.29, 0.717) is 22.3 Å². The number of hydrogen-bond acceptors (Lipinski definition) is 6. The largest absolute Gasteiger partial charge is 0.468 e. The summed E-state index contributed by atoms with van der Waals surface area (Å²) in [4.78, 5) is 35.1. The smallest absolute Gasteiger partial charge is 0.422 e. The first-order valence-electron chi connectivity index (χ1n) is 10.0. The number of ether oxygens (including phenoxy) is 1. The molecular weight excluding hydrogens is 439 g/mol. The molecule has 11 heteroatoms. The van der Waals surface area contributed by atoms with E-state index in [-0.39, 0.29) is 24.1 Å². The van der Waals surface area contributed by atoms with Crippen molar-refractivity contribution in [3.05, 3.63) is 46.8 Å². The van der Waals surface area contributed by atoms with Gasteiger partial charge in [-0.1, -0.05) is 0 Å². The number of alkyl halides is 3. The van der Waals surface area contributed by atoms with Crippen LogP contribution in [0.2, 0.25) is 0 Å². The number of fused-ring (bicyclic) bond motifs is 1. The van der Waals surface area contributed by atoms with Gasteiger partial charge in [0.25, 0.3) is 5.91 Å². The molecule has 33 heavy (non-hydrogen) atoms. The minimum absolute atomic E-state index is 0.131. The summed E-state index contributed by atoms with van der Waals surface area (Å²) in [5.41, 5.74) is 0.625. The van der Waals surface area contributed by atoms with Crippen LogP contribution in [0.3, 0.4) is 0 Å². The average molecular weight is 461 g/mol. The summed E-state index contributed by atoms with van der Waals surface area (Å²) in [5, 5.41) is 11.8. The van der Waals surface area contributed by atoms with E-state index in [1.807, 2.05) is 6.07 Å². The predicted octanol–water partition coefficient (Wildman–Crippen LogP) is 3.93. The van der Waals surface area contributed by atoms with Crippen molar-refractivity contribution >= 4 is 17.6 Å². The van der Waals surface area contributed by atoms with Gasteiger partial charge in [0.1, 0.15) is 11.2 Å². The molecule has 174 valence electrons. The highest BCUT2D eigenvalue weighted by Crippen LogP contribution is 2.35. The number of rotatable bonds is 6. The Bertz CT molecular complexity index is 1140. The molecule has 1 aliphatic rings. The molecule has 2 amide bonds. The first kappa shape index (κ1) is 24.0. The van der Waals surface area contributed by atoms with Gasteiger partial charge >= 0.3 is 6.18 Å². The molecule has 1 atom stereocenters. The number of aromatic nitrogens is 2. The van der Waals surface area contributed by atoms with Gasteiger partial charge in [0.05, 0.1) is 18.7 Å². The number of amides is 2. The maximum Gasteiger partial charge on any atom is 0.422 e. The van der Waals surface area contributed by atoms with Gasteiger partial charge in [0, 0.05) is 29.1 Å². The highest BCUT2D eigenvalue weighted by Gasteiger charge is 2.36. The van der Waals surface area contributed by atoms with Crippen LogP contribution in [0.25, 0.3) is 0 Å². The van der Waals surface area contributed by atoms with E-state index in [1.165, 1.54) is 26.2 Å². The van der Waals surface area contributed by atoms with Gasteiger partial charge in [-0.05, 0) is 45.4 Å². The molecule has 0 spiro atoms. The zero-order valence-electron chi connectivity index (χ0n) is 18.4. The lowest BCUT2D eigenvalue weighted by molar-refractivity contribution is -0.154. The molecule has 8 nitrogen and oxygen atoms in total. The summed E-state index contributed by atoms with van der Waals surface area (Å²) in [6.07, 6.45) is -1.70. The van der Waals surface area contributed by atoms with E-state index in [1.54, 1.807) is 30.9 Å². The number of aryl methyl sites for hydroxylation is 1. The molecule has 0 saturated heterocycles. The standard InChI is InChI=1S/C22H22F3N5O3/c1-12-7-14(8-28-18(12)33-11-22(23,24)25)13(2)30-9-16-15(19(30)31)5-6-27-17(16)29-20(32)21(3,4)10-26/h5-8,13H,9,11H2,1-4H3,(H,27,29,32). The van der Waals surface area contributed by atoms with Crippen molar-refractivity contribution in [2.24, 2.45) is 5.41 Å². The molecular formula is C22H22F3N5O3. The number of nitrogens with zero attached hydrogens (tertiary/aromatic N) is 4. The maximum atomic E-state index is 13.0. The maximum absolute atomic E-state index is 13.0. The van der Waals surface area contributed by atoms with Gasteiger partial charge in [-0.2, -0.15) is 18.4 Å².